The molecule has 0 atom stereocenters. The molecule has 2 rings (SSSR count). The van der Waals surface area contributed by atoms with E-state index in [1.807, 2.05) is 0 Å². The van der Waals surface area contributed by atoms with Crippen molar-refractivity contribution in [3.63, 3.8) is 0 Å². The van der Waals surface area contributed by atoms with Gasteiger partial charge in [-0.2, -0.15) is 13.2 Å². The van der Waals surface area contributed by atoms with Gasteiger partial charge >= 0.3 is 6.18 Å². The van der Waals surface area contributed by atoms with E-state index in [1.54, 1.807) is 36.4 Å². The Kier molecular flexibility index (Phi) is 4.09. The van der Waals surface area contributed by atoms with Crippen LogP contribution in [-0.4, -0.2) is 12.8 Å². The van der Waals surface area contributed by atoms with Crippen LogP contribution in [0.1, 0.15) is 0 Å². The number of nitrogen functional groups attached to an aromatic ring is 1. The van der Waals surface area contributed by atoms with Crippen molar-refractivity contribution in [1.29, 1.82) is 0 Å². The molecule has 2 aromatic rings. The Bertz CT molecular complexity index is 614. The summed E-state index contributed by atoms with van der Waals surface area (Å²) in [5.41, 5.74) is 6.96. The summed E-state index contributed by atoms with van der Waals surface area (Å²) in [7, 11) is 0. The SMILES string of the molecule is Nc1cccc(-c2cccc(Cl)c2)c1OCC(F)(F)F. The highest BCUT2D eigenvalue weighted by Gasteiger charge is 2.29. The van der Waals surface area contributed by atoms with E-state index in [-0.39, 0.29) is 11.4 Å². The van der Waals surface area contributed by atoms with Crippen molar-refractivity contribution in [2.24, 2.45) is 0 Å². The highest BCUT2D eigenvalue weighted by Crippen LogP contribution is 2.36. The normalized spacial score (nSPS) is 11.4. The molecule has 2 N–H and O–H groups in total. The second-order valence-electron chi connectivity index (χ2n) is 4.14. The molecule has 0 spiro atoms. The number of alkyl halides is 3. The smallest absolute Gasteiger partial charge is 0.422 e. The Morgan fingerprint density at radius 2 is 1.80 bits per heavy atom. The minimum atomic E-state index is -4.42. The van der Waals surface area contributed by atoms with Gasteiger partial charge in [-0.25, -0.2) is 0 Å². The van der Waals surface area contributed by atoms with Gasteiger partial charge in [0.1, 0.15) is 5.75 Å². The lowest BCUT2D eigenvalue weighted by Crippen LogP contribution is -2.20. The lowest BCUT2D eigenvalue weighted by atomic mass is 10.0. The van der Waals surface area contributed by atoms with Crippen molar-refractivity contribution < 1.29 is 17.9 Å². The van der Waals surface area contributed by atoms with Gasteiger partial charge in [-0.1, -0.05) is 35.9 Å². The lowest BCUT2D eigenvalue weighted by Gasteiger charge is -2.15. The molecule has 0 bridgehead atoms. The third kappa shape index (κ3) is 3.57. The molecule has 0 aliphatic rings. The van der Waals surface area contributed by atoms with Crippen LogP contribution in [-0.2, 0) is 0 Å². The van der Waals surface area contributed by atoms with Gasteiger partial charge in [-0.05, 0) is 23.8 Å². The van der Waals surface area contributed by atoms with Crippen molar-refractivity contribution in [2.45, 2.75) is 6.18 Å². The summed E-state index contributed by atoms with van der Waals surface area (Å²) in [6.07, 6.45) is -4.42. The average Bonchev–Trinajstić information content (AvgIpc) is 2.36. The molecule has 2 nitrogen and oxygen atoms in total. The summed E-state index contributed by atoms with van der Waals surface area (Å²) >= 11 is 5.88. The Hall–Kier alpha value is -1.88. The van der Waals surface area contributed by atoms with Crippen LogP contribution in [0.15, 0.2) is 42.5 Å². The van der Waals surface area contributed by atoms with Gasteiger partial charge < -0.3 is 10.5 Å². The standard InChI is InChI=1S/C14H11ClF3NO/c15-10-4-1-3-9(7-10)11-5-2-6-12(19)13(11)20-8-14(16,17)18/h1-7H,8,19H2. The Morgan fingerprint density at radius 1 is 1.10 bits per heavy atom. The zero-order chi connectivity index (χ0) is 14.8. The topological polar surface area (TPSA) is 35.2 Å². The maximum Gasteiger partial charge on any atom is 0.422 e. The number of nitrogens with two attached hydrogens (primary N) is 1. The van der Waals surface area contributed by atoms with Crippen LogP contribution in [0, 0.1) is 0 Å². The quantitative estimate of drug-likeness (QED) is 0.845. The first-order valence-electron chi connectivity index (χ1n) is 5.71. The van der Waals surface area contributed by atoms with Crippen molar-refractivity contribution in [1.82, 2.24) is 0 Å². The Labute approximate surface area is 118 Å². The Balaban J connectivity index is 2.41. The average molecular weight is 302 g/mol. The van der Waals surface area contributed by atoms with E-state index >= 15 is 0 Å². The molecule has 2 aromatic carbocycles. The highest BCUT2D eigenvalue weighted by atomic mass is 35.5. The maximum absolute atomic E-state index is 12.3. The molecule has 0 heterocycles. The second kappa shape index (κ2) is 5.63. The zero-order valence-corrected chi connectivity index (χ0v) is 11.0. The molecule has 6 heteroatoms. The molecule has 0 radical (unpaired) electrons. The second-order valence-corrected chi connectivity index (χ2v) is 4.57. The first-order valence-corrected chi connectivity index (χ1v) is 6.08. The van der Waals surface area contributed by atoms with Gasteiger partial charge in [-0.3, -0.25) is 0 Å². The molecule has 0 aromatic heterocycles. The third-order valence-corrected chi connectivity index (χ3v) is 2.80. The van der Waals surface area contributed by atoms with Crippen molar-refractivity contribution in [3.8, 4) is 16.9 Å². The first kappa shape index (κ1) is 14.5. The van der Waals surface area contributed by atoms with Crippen LogP contribution in [0.2, 0.25) is 5.02 Å². The third-order valence-electron chi connectivity index (χ3n) is 2.56. The molecule has 106 valence electrons. The molecule has 0 saturated heterocycles. The van der Waals surface area contributed by atoms with Gasteiger partial charge in [0.15, 0.2) is 6.61 Å². The molecule has 0 aliphatic carbocycles. The summed E-state index contributed by atoms with van der Waals surface area (Å²) in [5, 5.41) is 0.478. The maximum atomic E-state index is 12.3. The minimum Gasteiger partial charge on any atom is -0.481 e. The summed E-state index contributed by atoms with van der Waals surface area (Å²) in [5.74, 6) is 0.00657. The first-order chi connectivity index (χ1) is 9.37. The highest BCUT2D eigenvalue weighted by molar-refractivity contribution is 6.30. The van der Waals surface area contributed by atoms with Crippen LogP contribution in [0.5, 0.6) is 5.75 Å². The number of benzene rings is 2. The van der Waals surface area contributed by atoms with Crippen LogP contribution < -0.4 is 10.5 Å². The summed E-state index contributed by atoms with van der Waals surface area (Å²) in [6, 6.07) is 11.5. The van der Waals surface area contributed by atoms with E-state index in [4.69, 9.17) is 22.1 Å². The van der Waals surface area contributed by atoms with Crippen molar-refractivity contribution in [2.75, 3.05) is 12.3 Å². The summed E-state index contributed by atoms with van der Waals surface area (Å²) in [6.45, 7) is -1.39. The number of halogens is 4. The van der Waals surface area contributed by atoms with E-state index in [0.717, 1.165) is 0 Å². The number of hydrogen-bond donors (Lipinski definition) is 1. The fourth-order valence-electron chi connectivity index (χ4n) is 1.75. The number of para-hydroxylation sites is 1. The fraction of sp³-hybridized carbons (Fsp3) is 0.143. The molecule has 20 heavy (non-hydrogen) atoms. The van der Waals surface area contributed by atoms with E-state index in [2.05, 4.69) is 0 Å². The number of anilines is 1. The van der Waals surface area contributed by atoms with Crippen molar-refractivity contribution >= 4 is 17.3 Å². The summed E-state index contributed by atoms with van der Waals surface area (Å²) < 4.78 is 41.7. The van der Waals surface area contributed by atoms with Gasteiger partial charge in [0.2, 0.25) is 0 Å². The lowest BCUT2D eigenvalue weighted by molar-refractivity contribution is -0.153. The predicted octanol–water partition coefficient (Wildman–Crippen LogP) is 4.53. The fourth-order valence-corrected chi connectivity index (χ4v) is 1.94. The van der Waals surface area contributed by atoms with Crippen LogP contribution in [0.25, 0.3) is 11.1 Å². The minimum absolute atomic E-state index is 0.00657. The monoisotopic (exact) mass is 301 g/mol. The van der Waals surface area contributed by atoms with E-state index in [9.17, 15) is 13.2 Å². The van der Waals surface area contributed by atoms with E-state index < -0.39 is 12.8 Å². The van der Waals surface area contributed by atoms with Gasteiger partial charge in [-0.15, -0.1) is 0 Å². The zero-order valence-electron chi connectivity index (χ0n) is 10.2. The van der Waals surface area contributed by atoms with Crippen LogP contribution in [0.4, 0.5) is 18.9 Å². The van der Waals surface area contributed by atoms with Crippen molar-refractivity contribution in [3.05, 3.63) is 47.5 Å². The number of hydrogen-bond acceptors (Lipinski definition) is 2. The largest absolute Gasteiger partial charge is 0.481 e. The van der Waals surface area contributed by atoms with Crippen LogP contribution >= 0.6 is 11.6 Å². The van der Waals surface area contributed by atoms with Gasteiger partial charge in [0, 0.05) is 10.6 Å². The molecular weight excluding hydrogens is 291 g/mol. The summed E-state index contributed by atoms with van der Waals surface area (Å²) in [4.78, 5) is 0. The number of ether oxygens (including phenoxy) is 1. The van der Waals surface area contributed by atoms with Crippen LogP contribution in [0.3, 0.4) is 0 Å². The Morgan fingerprint density at radius 3 is 2.45 bits per heavy atom. The van der Waals surface area contributed by atoms with Gasteiger partial charge in [0.25, 0.3) is 0 Å². The molecule has 0 saturated carbocycles. The molecule has 0 amide bonds. The van der Waals surface area contributed by atoms with Gasteiger partial charge in [0.05, 0.1) is 5.69 Å². The number of rotatable bonds is 3. The molecular formula is C14H11ClF3NO. The van der Waals surface area contributed by atoms with E-state index in [0.29, 0.717) is 16.1 Å². The molecule has 0 aliphatic heterocycles. The predicted molar refractivity (Wildman–Crippen MR) is 72.9 cm³/mol. The molecule has 0 unspecified atom stereocenters. The van der Waals surface area contributed by atoms with E-state index in [1.165, 1.54) is 6.07 Å². The molecule has 0 fully saturated rings.